The average molecular weight is 312 g/mol. The first kappa shape index (κ1) is 17.0. The number of benzene rings is 2. The Balaban J connectivity index is 1.72. The van der Waals surface area contributed by atoms with Crippen molar-refractivity contribution in [2.24, 2.45) is 0 Å². The van der Waals surface area contributed by atoms with Gasteiger partial charge in [-0.3, -0.25) is 0 Å². The van der Waals surface area contributed by atoms with Crippen LogP contribution in [0.25, 0.3) is 0 Å². The van der Waals surface area contributed by atoms with Crippen molar-refractivity contribution in [3.8, 4) is 0 Å². The van der Waals surface area contributed by atoms with Crippen molar-refractivity contribution in [2.75, 3.05) is 6.61 Å². The number of amides is 2. The number of carbonyl (C=O) groups excluding carboxylic acids is 1. The molecule has 0 saturated heterocycles. The van der Waals surface area contributed by atoms with Gasteiger partial charge in [0.05, 0.1) is 6.61 Å². The molecule has 0 heterocycles. The zero-order valence-corrected chi connectivity index (χ0v) is 13.8. The third-order valence-corrected chi connectivity index (χ3v) is 3.52. The Morgan fingerprint density at radius 2 is 1.35 bits per heavy atom. The minimum absolute atomic E-state index is 0.163. The highest BCUT2D eigenvalue weighted by molar-refractivity contribution is 5.73. The summed E-state index contributed by atoms with van der Waals surface area (Å²) in [6.07, 6.45) is 0. The molecule has 122 valence electrons. The minimum atomic E-state index is -0.163. The van der Waals surface area contributed by atoms with Crippen LogP contribution in [0.5, 0.6) is 0 Å². The second-order valence-corrected chi connectivity index (χ2v) is 5.48. The van der Waals surface area contributed by atoms with Crippen molar-refractivity contribution < 1.29 is 9.53 Å². The molecule has 0 saturated carbocycles. The van der Waals surface area contributed by atoms with E-state index in [9.17, 15) is 4.79 Å². The van der Waals surface area contributed by atoms with Crippen LogP contribution in [0, 0.1) is 6.92 Å². The fourth-order valence-corrected chi connectivity index (χ4v) is 2.11. The van der Waals surface area contributed by atoms with Crippen LogP contribution in [-0.2, 0) is 24.4 Å². The largest absolute Gasteiger partial charge is 0.377 e. The minimum Gasteiger partial charge on any atom is -0.377 e. The number of ether oxygens (including phenoxy) is 1. The van der Waals surface area contributed by atoms with Crippen LogP contribution >= 0.6 is 0 Å². The summed E-state index contributed by atoms with van der Waals surface area (Å²) in [6.45, 7) is 6.40. The molecule has 0 fully saturated rings. The summed E-state index contributed by atoms with van der Waals surface area (Å²) in [6, 6.07) is 16.0. The molecule has 4 heteroatoms. The van der Waals surface area contributed by atoms with Crippen LogP contribution < -0.4 is 10.6 Å². The van der Waals surface area contributed by atoms with E-state index in [1.807, 2.05) is 62.4 Å². The molecule has 0 aliphatic heterocycles. The molecule has 2 amide bonds. The van der Waals surface area contributed by atoms with E-state index in [4.69, 9.17) is 4.74 Å². The highest BCUT2D eigenvalue weighted by atomic mass is 16.5. The van der Waals surface area contributed by atoms with Gasteiger partial charge in [0, 0.05) is 19.7 Å². The molecule has 2 aromatic carbocycles. The van der Waals surface area contributed by atoms with Gasteiger partial charge in [0.1, 0.15) is 0 Å². The van der Waals surface area contributed by atoms with Crippen LogP contribution in [-0.4, -0.2) is 12.6 Å². The Morgan fingerprint density at radius 1 is 0.870 bits per heavy atom. The maximum absolute atomic E-state index is 11.8. The first-order valence-electron chi connectivity index (χ1n) is 7.90. The fraction of sp³-hybridized carbons (Fsp3) is 0.316. The molecule has 4 nitrogen and oxygen atoms in total. The van der Waals surface area contributed by atoms with E-state index >= 15 is 0 Å². The molecule has 23 heavy (non-hydrogen) atoms. The van der Waals surface area contributed by atoms with Gasteiger partial charge in [0.15, 0.2) is 0 Å². The van der Waals surface area contributed by atoms with Crippen LogP contribution in [0.2, 0.25) is 0 Å². The highest BCUT2D eigenvalue weighted by Gasteiger charge is 2.01. The first-order chi connectivity index (χ1) is 11.2. The average Bonchev–Trinajstić information content (AvgIpc) is 2.58. The van der Waals surface area contributed by atoms with Crippen LogP contribution in [0.4, 0.5) is 4.79 Å². The smallest absolute Gasteiger partial charge is 0.315 e. The van der Waals surface area contributed by atoms with Gasteiger partial charge in [-0.15, -0.1) is 0 Å². The lowest BCUT2D eigenvalue weighted by atomic mass is 10.1. The molecule has 0 spiro atoms. The lowest BCUT2D eigenvalue weighted by Crippen LogP contribution is -2.34. The predicted octanol–water partition coefficient (Wildman–Crippen LogP) is 3.53. The molecule has 0 unspecified atom stereocenters. The van der Waals surface area contributed by atoms with Crippen molar-refractivity contribution in [1.82, 2.24) is 10.6 Å². The van der Waals surface area contributed by atoms with Crippen LogP contribution in [0.3, 0.4) is 0 Å². The van der Waals surface area contributed by atoms with E-state index in [0.717, 1.165) is 16.7 Å². The van der Waals surface area contributed by atoms with Gasteiger partial charge in [-0.05, 0) is 30.5 Å². The Kier molecular flexibility index (Phi) is 6.63. The summed E-state index contributed by atoms with van der Waals surface area (Å²) < 4.78 is 5.36. The van der Waals surface area contributed by atoms with E-state index in [-0.39, 0.29) is 6.03 Å². The molecule has 0 radical (unpaired) electrons. The molecule has 2 aromatic rings. The molecule has 2 N–H and O–H groups in total. The zero-order valence-electron chi connectivity index (χ0n) is 13.8. The SMILES string of the molecule is CCOCc1ccc(CNC(=O)NCc2ccc(C)cc2)cc1. The van der Waals surface area contributed by atoms with Gasteiger partial charge in [-0.1, -0.05) is 54.1 Å². The second kappa shape index (κ2) is 8.96. The van der Waals surface area contributed by atoms with Crippen molar-refractivity contribution in [1.29, 1.82) is 0 Å². The summed E-state index contributed by atoms with van der Waals surface area (Å²) in [5.74, 6) is 0. The van der Waals surface area contributed by atoms with Crippen molar-refractivity contribution in [3.63, 3.8) is 0 Å². The fourth-order valence-electron chi connectivity index (χ4n) is 2.11. The molecule has 0 bridgehead atoms. The summed E-state index contributed by atoms with van der Waals surface area (Å²) in [5, 5.41) is 5.72. The van der Waals surface area contributed by atoms with Gasteiger partial charge in [-0.25, -0.2) is 4.79 Å². The van der Waals surface area contributed by atoms with Gasteiger partial charge >= 0.3 is 6.03 Å². The molecule has 0 aliphatic carbocycles. The van der Waals surface area contributed by atoms with Crippen LogP contribution in [0.1, 0.15) is 29.2 Å². The number of urea groups is 1. The molecule has 0 aliphatic rings. The number of nitrogens with one attached hydrogen (secondary N) is 2. The molecule has 0 atom stereocenters. The standard InChI is InChI=1S/C19H24N2O2/c1-3-23-14-18-10-8-17(9-11-18)13-21-19(22)20-12-16-6-4-15(2)5-7-16/h4-11H,3,12-14H2,1-2H3,(H2,20,21,22). The lowest BCUT2D eigenvalue weighted by Gasteiger charge is -2.09. The van der Waals surface area contributed by atoms with Gasteiger partial charge in [0.2, 0.25) is 0 Å². The van der Waals surface area contributed by atoms with E-state index in [2.05, 4.69) is 10.6 Å². The van der Waals surface area contributed by atoms with Gasteiger partial charge in [-0.2, -0.15) is 0 Å². The van der Waals surface area contributed by atoms with E-state index in [1.54, 1.807) is 0 Å². The topological polar surface area (TPSA) is 50.4 Å². The maximum atomic E-state index is 11.8. The second-order valence-electron chi connectivity index (χ2n) is 5.48. The van der Waals surface area contributed by atoms with Crippen molar-refractivity contribution in [3.05, 3.63) is 70.8 Å². The predicted molar refractivity (Wildman–Crippen MR) is 92.0 cm³/mol. The molecular weight excluding hydrogens is 288 g/mol. The van der Waals surface area contributed by atoms with Crippen LogP contribution in [0.15, 0.2) is 48.5 Å². The monoisotopic (exact) mass is 312 g/mol. The number of hydrogen-bond acceptors (Lipinski definition) is 2. The quantitative estimate of drug-likeness (QED) is 0.821. The zero-order chi connectivity index (χ0) is 16.5. The third kappa shape index (κ3) is 6.12. The van der Waals surface area contributed by atoms with E-state index < -0.39 is 0 Å². The normalized spacial score (nSPS) is 10.3. The number of hydrogen-bond donors (Lipinski definition) is 2. The van der Waals surface area contributed by atoms with E-state index in [1.165, 1.54) is 5.56 Å². The molecule has 0 aromatic heterocycles. The summed E-state index contributed by atoms with van der Waals surface area (Å²) in [4.78, 5) is 11.8. The Hall–Kier alpha value is -2.33. The highest BCUT2D eigenvalue weighted by Crippen LogP contribution is 2.06. The number of carbonyl (C=O) groups is 1. The lowest BCUT2D eigenvalue weighted by molar-refractivity contribution is 0.134. The Labute approximate surface area is 137 Å². The Bertz CT molecular complexity index is 606. The number of rotatable bonds is 7. The van der Waals surface area contributed by atoms with Gasteiger partial charge < -0.3 is 15.4 Å². The summed E-state index contributed by atoms with van der Waals surface area (Å²) >= 11 is 0. The van der Waals surface area contributed by atoms with Crippen molar-refractivity contribution >= 4 is 6.03 Å². The molecular formula is C19H24N2O2. The van der Waals surface area contributed by atoms with E-state index in [0.29, 0.717) is 26.3 Å². The summed E-state index contributed by atoms with van der Waals surface area (Å²) in [7, 11) is 0. The first-order valence-corrected chi connectivity index (χ1v) is 7.90. The van der Waals surface area contributed by atoms with Crippen molar-refractivity contribution in [2.45, 2.75) is 33.5 Å². The summed E-state index contributed by atoms with van der Waals surface area (Å²) in [5.41, 5.74) is 4.51. The Morgan fingerprint density at radius 3 is 1.87 bits per heavy atom. The molecule has 2 rings (SSSR count). The number of aryl methyl sites for hydroxylation is 1. The van der Waals surface area contributed by atoms with Gasteiger partial charge in [0.25, 0.3) is 0 Å². The third-order valence-electron chi connectivity index (χ3n) is 3.52. The maximum Gasteiger partial charge on any atom is 0.315 e.